The lowest BCUT2D eigenvalue weighted by atomic mass is 9.82. The van der Waals surface area contributed by atoms with Gasteiger partial charge >= 0.3 is 29.9 Å². The van der Waals surface area contributed by atoms with Crippen LogP contribution in [-0.2, 0) is 73.3 Å². The number of carbonyl (C=O) groups is 7. The number of morpholine rings is 2. The number of aldehydes is 1. The van der Waals surface area contributed by atoms with E-state index in [2.05, 4.69) is 38.3 Å². The minimum atomic E-state index is -1.71. The summed E-state index contributed by atoms with van der Waals surface area (Å²) in [6.07, 6.45) is 18.6. The van der Waals surface area contributed by atoms with Crippen molar-refractivity contribution >= 4 is 82.2 Å². The first-order valence-corrected chi connectivity index (χ1v) is 45.1. The van der Waals surface area contributed by atoms with Gasteiger partial charge in [-0.1, -0.05) is 180 Å². The number of methoxy groups -OCH3 is 3. The fraction of sp³-hybridized carbons (Fsp3) is 0.531. The first-order chi connectivity index (χ1) is 62.0. The van der Waals surface area contributed by atoms with Crippen molar-refractivity contribution < 1.29 is 82.0 Å². The van der Waals surface area contributed by atoms with Crippen LogP contribution in [0.1, 0.15) is 198 Å². The number of anilines is 2. The summed E-state index contributed by atoms with van der Waals surface area (Å²) >= 11 is 0. The molecule has 0 spiro atoms. The summed E-state index contributed by atoms with van der Waals surface area (Å²) in [6, 6.07) is 40.7. The van der Waals surface area contributed by atoms with Crippen LogP contribution >= 0.6 is 0 Å². The van der Waals surface area contributed by atoms with Gasteiger partial charge in [0.15, 0.2) is 0 Å². The van der Waals surface area contributed by atoms with E-state index < -0.39 is 32.9 Å². The van der Waals surface area contributed by atoms with E-state index in [0.29, 0.717) is 54.8 Å². The molecular formula is C96H145N11O21. The van der Waals surface area contributed by atoms with Gasteiger partial charge in [0.05, 0.1) is 90.8 Å². The van der Waals surface area contributed by atoms with Crippen LogP contribution in [0.3, 0.4) is 0 Å². The fourth-order valence-electron chi connectivity index (χ4n) is 14.0. The standard InChI is InChI=1S/C18H24N2O3.C17H24N2O4.C17H26N2O2.C12H14N2O3.C8H5NO5.C8H7NO3.C4H9NO.6C2H6/c1-23-17(21)15-8-6-13(7-9-15)12-20-11-10-14-4-2-3-5-16(14)19-18(20)22;1-23-17(20)15-8-6-13(7-9-15)12-18-11-10-14-4-2-3-5-16(14)19(21)22;1-21-17(20)15-8-6-13(7-9-15)12-19-11-10-14-4-2-3-5-16(14)18;15-14(16)12-4-2-1-3-11(12)5-6-13-7-9-17-10-8-13;10-7(8(11)12)5-3-1-2-4-6(5)9(13)14;10-6-5-7-3-1-2-4-8(7)9(11)12;1-3-6-4-2-5-1;6*1-2/h2-5,13,15H,6-12H2,1H3,(H,19,22);2-5,13,15,18H,6-12H2,1H3;2-5,13,15,19H,6-12,18H2,1H3;1-6H,7-10H2;1-4H,(H,11,12);1-4,6H,5H2;5H,1-4H2;6*1-2H3. The molecule has 6 aliphatic rings. The van der Waals surface area contributed by atoms with E-state index in [9.17, 15) is 74.0 Å². The molecule has 2 amide bonds. The zero-order chi connectivity index (χ0) is 96.0. The Bertz CT molecular complexity index is 4150. The van der Waals surface area contributed by atoms with Gasteiger partial charge in [-0.25, -0.2) is 9.59 Å². The number of fused-ring (bicyclic) bond motifs is 1. The highest BCUT2D eigenvalue weighted by Gasteiger charge is 2.32. The predicted molar refractivity (Wildman–Crippen MR) is 504 cm³/mol. The number of nitrogens with zero attached hydrogens (tertiary/aromatic N) is 6. The molecule has 3 aliphatic carbocycles. The van der Waals surface area contributed by atoms with Crippen molar-refractivity contribution in [3.8, 4) is 0 Å². The summed E-state index contributed by atoms with van der Waals surface area (Å²) in [6.45, 7) is 36.0. The molecule has 3 saturated carbocycles. The lowest BCUT2D eigenvalue weighted by molar-refractivity contribution is -0.385. The smallest absolute Gasteiger partial charge is 0.377 e. The zero-order valence-corrected chi connectivity index (χ0v) is 78.1. The maximum atomic E-state index is 12.4. The van der Waals surface area contributed by atoms with E-state index in [1.165, 1.54) is 56.7 Å². The average molecular weight is 1790 g/mol. The highest BCUT2D eigenvalue weighted by atomic mass is 16.6. The number of amides is 2. The van der Waals surface area contributed by atoms with Crippen molar-refractivity contribution in [2.24, 2.45) is 35.5 Å². The van der Waals surface area contributed by atoms with Gasteiger partial charge in [0.25, 0.3) is 28.5 Å². The molecule has 32 nitrogen and oxygen atoms in total. The number of nitrogens with one attached hydrogen (secondary N) is 4. The third-order valence-corrected chi connectivity index (χ3v) is 20.6. The van der Waals surface area contributed by atoms with Crippen molar-refractivity contribution in [2.75, 3.05) is 124 Å². The van der Waals surface area contributed by atoms with E-state index in [1.54, 1.807) is 60.7 Å². The van der Waals surface area contributed by atoms with Crippen molar-refractivity contribution in [1.29, 1.82) is 0 Å². The maximum absolute atomic E-state index is 12.4. The van der Waals surface area contributed by atoms with Crippen LogP contribution in [0.25, 0.3) is 6.08 Å². The topological polar surface area (TPSA) is 439 Å². The number of nitro benzene ring substituents is 4. The highest BCUT2D eigenvalue weighted by Crippen LogP contribution is 2.33. The Hall–Kier alpha value is -11.5. The van der Waals surface area contributed by atoms with Gasteiger partial charge in [-0.05, 0) is 182 Å². The molecule has 0 unspecified atom stereocenters. The van der Waals surface area contributed by atoms with Gasteiger partial charge < -0.3 is 70.4 Å². The van der Waals surface area contributed by atoms with Crippen molar-refractivity contribution in [1.82, 2.24) is 25.8 Å². The minimum Gasteiger partial charge on any atom is -0.475 e. The summed E-state index contributed by atoms with van der Waals surface area (Å²) in [7, 11) is 4.37. The number of carboxylic acid groups (broad SMARTS) is 1. The average Bonchev–Trinajstić information content (AvgIpc) is 1.74. The molecule has 2 saturated heterocycles. The number of Topliss-reactive ketones (excluding diaryl/α,β-unsaturated/α-hetero) is 1. The number of ketones is 1. The molecule has 0 radical (unpaired) electrons. The number of nitrogen functional groups attached to an aromatic ring is 1. The second kappa shape index (κ2) is 72.6. The summed E-state index contributed by atoms with van der Waals surface area (Å²) in [5.41, 5.74) is 11.4. The second-order valence-corrected chi connectivity index (χ2v) is 28.3. The van der Waals surface area contributed by atoms with E-state index >= 15 is 0 Å². The molecule has 32 heteroatoms. The Labute approximate surface area is 757 Å². The molecule has 0 atom stereocenters. The normalized spacial score (nSPS) is 17.2. The number of carboxylic acids is 1. The number of esters is 3. The quantitative estimate of drug-likeness (QED) is 0.00357. The van der Waals surface area contributed by atoms with Crippen LogP contribution in [-0.4, -0.2) is 190 Å². The number of nitro groups is 4. The number of para-hydroxylation sites is 6. The van der Waals surface area contributed by atoms with E-state index in [0.717, 1.165) is 198 Å². The molecule has 12 rings (SSSR count). The molecule has 3 aliphatic heterocycles. The summed E-state index contributed by atoms with van der Waals surface area (Å²) in [5, 5.41) is 64.0. The summed E-state index contributed by atoms with van der Waals surface area (Å²) in [4.78, 5) is 123. The molecule has 0 aromatic heterocycles. The lowest BCUT2D eigenvalue weighted by Gasteiger charge is -2.31. The van der Waals surface area contributed by atoms with Crippen LogP contribution in [0.15, 0.2) is 152 Å². The molecule has 6 aromatic carbocycles. The highest BCUT2D eigenvalue weighted by molar-refractivity contribution is 6.40. The fourth-order valence-corrected chi connectivity index (χ4v) is 14.0. The van der Waals surface area contributed by atoms with Crippen LogP contribution in [0, 0.1) is 76.0 Å². The van der Waals surface area contributed by atoms with E-state index in [4.69, 9.17) is 34.5 Å². The number of nitrogens with two attached hydrogens (primary N) is 1. The monoisotopic (exact) mass is 1790 g/mol. The Morgan fingerprint density at radius 2 is 0.883 bits per heavy atom. The Balaban J connectivity index is 0.00000147. The van der Waals surface area contributed by atoms with Crippen molar-refractivity contribution in [3.05, 3.63) is 226 Å². The third kappa shape index (κ3) is 45.8. The number of ether oxygens (including phenoxy) is 5. The van der Waals surface area contributed by atoms with Crippen molar-refractivity contribution in [2.45, 2.75) is 186 Å². The number of benzene rings is 6. The number of carbonyl (C=O) groups excluding carboxylic acids is 6. The first-order valence-electron chi connectivity index (χ1n) is 45.1. The Kier molecular flexibility index (Phi) is 66.1. The van der Waals surface area contributed by atoms with Crippen LogP contribution in [0.4, 0.5) is 38.9 Å². The molecular weight excluding hydrogens is 1640 g/mol. The Morgan fingerprint density at radius 3 is 1.32 bits per heavy atom. The molecule has 3 heterocycles. The van der Waals surface area contributed by atoms with Gasteiger partial charge in [-0.15, -0.1) is 0 Å². The van der Waals surface area contributed by atoms with Crippen molar-refractivity contribution in [3.63, 3.8) is 0 Å². The van der Waals surface area contributed by atoms with Crippen LogP contribution < -0.4 is 27.0 Å². The molecule has 0 bridgehead atoms. The van der Waals surface area contributed by atoms with E-state index in [1.807, 2.05) is 137 Å². The van der Waals surface area contributed by atoms with Crippen LogP contribution in [0.5, 0.6) is 0 Å². The summed E-state index contributed by atoms with van der Waals surface area (Å²) < 4.78 is 24.7. The first kappa shape index (κ1) is 117. The molecule has 128 heavy (non-hydrogen) atoms. The van der Waals surface area contributed by atoms with Gasteiger partial charge in [-0.2, -0.15) is 0 Å². The molecule has 5 fully saturated rings. The molecule has 6 aromatic rings. The minimum absolute atomic E-state index is 0.00426. The second-order valence-electron chi connectivity index (χ2n) is 28.3. The van der Waals surface area contributed by atoms with Gasteiger partial charge in [0, 0.05) is 98.7 Å². The number of urea groups is 1. The maximum Gasteiger partial charge on any atom is 0.377 e. The number of hydrogen-bond acceptors (Lipinski definition) is 25. The Morgan fingerprint density at radius 1 is 0.492 bits per heavy atom. The van der Waals surface area contributed by atoms with Gasteiger partial charge in [0.1, 0.15) is 11.8 Å². The number of hydrogen-bond donors (Lipinski definition) is 6. The predicted octanol–water partition coefficient (Wildman–Crippen LogP) is 18.0. The van der Waals surface area contributed by atoms with Gasteiger partial charge in [0.2, 0.25) is 0 Å². The largest absolute Gasteiger partial charge is 0.475 e. The summed E-state index contributed by atoms with van der Waals surface area (Å²) in [5.74, 6) is -1.27. The molecule has 710 valence electrons. The zero-order valence-electron chi connectivity index (χ0n) is 78.1. The number of rotatable bonds is 25. The number of aliphatic carboxylic acids is 1. The SMILES string of the molecule is C1COCCN1.CC.CC.CC.CC.CC.CC.COC(=O)C1CCC(CN2CCc3ccccc3NC2=O)CC1.COC(=O)C1CCC(CNCCc2ccccc2N)CC1.COC(=O)C1CCC(CNCCc2ccccc2[N+](=O)[O-])CC1.O=C(O)C(=O)c1ccccc1[N+](=O)[O-].O=CCc1ccccc1[N+](=O)[O-].O=[N+]([O-])c1ccccc1C=CN1CCOCC1. The third-order valence-electron chi connectivity index (χ3n) is 20.6. The molecule has 7 N–H and O–H groups in total. The van der Waals surface area contributed by atoms with Gasteiger partial charge in [-0.3, -0.25) is 59.6 Å². The van der Waals surface area contributed by atoms with E-state index in [-0.39, 0.29) is 75.0 Å². The van der Waals surface area contributed by atoms with Crippen LogP contribution in [0.2, 0.25) is 0 Å². The lowest BCUT2D eigenvalue weighted by Crippen LogP contribution is -2.39.